The zero-order chi connectivity index (χ0) is 16.4. The molecule has 2 heterocycles. The Kier molecular flexibility index (Phi) is 5.98. The average molecular weight is 364 g/mol. The first-order chi connectivity index (χ1) is 10.9. The van der Waals surface area contributed by atoms with Crippen LogP contribution in [0.2, 0.25) is 0 Å². The molecular weight excluding hydrogens is 343 g/mol. The number of halogens is 4. The molecule has 2 aliphatic rings. The SMILES string of the molecule is Cl.O=C(C1CCCN1)N1CCN(c2ccc(C(F)(F)F)cc2)CC1. The van der Waals surface area contributed by atoms with E-state index in [4.69, 9.17) is 0 Å². The second kappa shape index (κ2) is 7.61. The second-order valence-electron chi connectivity index (χ2n) is 6.01. The first-order valence-corrected chi connectivity index (χ1v) is 7.89. The van der Waals surface area contributed by atoms with E-state index in [1.165, 1.54) is 12.1 Å². The number of carbonyl (C=O) groups is 1. The van der Waals surface area contributed by atoms with Gasteiger partial charge in [0.15, 0.2) is 0 Å². The lowest BCUT2D eigenvalue weighted by molar-refractivity contribution is -0.137. The second-order valence-corrected chi connectivity index (χ2v) is 6.01. The van der Waals surface area contributed by atoms with E-state index in [1.54, 1.807) is 0 Å². The number of rotatable bonds is 2. The molecule has 0 radical (unpaired) electrons. The van der Waals surface area contributed by atoms with E-state index in [0.717, 1.165) is 37.2 Å². The Balaban J connectivity index is 0.00000208. The first kappa shape index (κ1) is 18.9. The van der Waals surface area contributed by atoms with Gasteiger partial charge in [-0.05, 0) is 43.7 Å². The van der Waals surface area contributed by atoms with Gasteiger partial charge in [-0.2, -0.15) is 13.2 Å². The van der Waals surface area contributed by atoms with Crippen LogP contribution in [-0.4, -0.2) is 49.6 Å². The maximum atomic E-state index is 12.6. The van der Waals surface area contributed by atoms with E-state index in [1.807, 2.05) is 9.80 Å². The van der Waals surface area contributed by atoms with Crippen molar-refractivity contribution >= 4 is 24.0 Å². The van der Waals surface area contributed by atoms with Gasteiger partial charge in [-0.1, -0.05) is 0 Å². The van der Waals surface area contributed by atoms with Crippen LogP contribution in [0.4, 0.5) is 18.9 Å². The van der Waals surface area contributed by atoms with Crippen LogP contribution in [0.25, 0.3) is 0 Å². The van der Waals surface area contributed by atoms with Crippen LogP contribution in [-0.2, 0) is 11.0 Å². The van der Waals surface area contributed by atoms with Crippen molar-refractivity contribution in [1.29, 1.82) is 0 Å². The number of carbonyl (C=O) groups excluding carboxylic acids is 1. The van der Waals surface area contributed by atoms with Gasteiger partial charge in [-0.3, -0.25) is 4.79 Å². The van der Waals surface area contributed by atoms with Crippen molar-refractivity contribution in [1.82, 2.24) is 10.2 Å². The number of piperazine rings is 1. The highest BCUT2D eigenvalue weighted by atomic mass is 35.5. The zero-order valence-corrected chi connectivity index (χ0v) is 14.0. The van der Waals surface area contributed by atoms with Gasteiger partial charge >= 0.3 is 6.18 Å². The molecule has 0 bridgehead atoms. The van der Waals surface area contributed by atoms with Gasteiger partial charge in [-0.15, -0.1) is 12.4 Å². The fourth-order valence-electron chi connectivity index (χ4n) is 3.16. The lowest BCUT2D eigenvalue weighted by atomic mass is 10.1. The molecule has 1 aromatic rings. The van der Waals surface area contributed by atoms with Gasteiger partial charge in [0.2, 0.25) is 5.91 Å². The number of benzene rings is 1. The summed E-state index contributed by atoms with van der Waals surface area (Å²) < 4.78 is 37.8. The quantitative estimate of drug-likeness (QED) is 0.877. The maximum absolute atomic E-state index is 12.6. The Labute approximate surface area is 145 Å². The summed E-state index contributed by atoms with van der Waals surface area (Å²) in [6, 6.07) is 5.15. The number of nitrogens with one attached hydrogen (secondary N) is 1. The topological polar surface area (TPSA) is 35.6 Å². The number of amides is 1. The normalized spacial score (nSPS) is 21.5. The molecule has 2 fully saturated rings. The lowest BCUT2D eigenvalue weighted by Gasteiger charge is -2.37. The van der Waals surface area contributed by atoms with Crippen LogP contribution < -0.4 is 10.2 Å². The summed E-state index contributed by atoms with van der Waals surface area (Å²) in [5, 5.41) is 3.21. The molecule has 0 aliphatic carbocycles. The van der Waals surface area contributed by atoms with Crippen LogP contribution in [0, 0.1) is 0 Å². The molecule has 1 unspecified atom stereocenters. The third-order valence-electron chi connectivity index (χ3n) is 4.51. The predicted octanol–water partition coefficient (Wildman–Crippen LogP) is 2.53. The van der Waals surface area contributed by atoms with E-state index < -0.39 is 11.7 Å². The summed E-state index contributed by atoms with van der Waals surface area (Å²) in [5.74, 6) is 0.148. The van der Waals surface area contributed by atoms with Gasteiger partial charge in [0.25, 0.3) is 0 Å². The van der Waals surface area contributed by atoms with Crippen molar-refractivity contribution in [3.63, 3.8) is 0 Å². The number of anilines is 1. The molecule has 1 amide bonds. The van der Waals surface area contributed by atoms with Crippen LogP contribution in [0.15, 0.2) is 24.3 Å². The highest BCUT2D eigenvalue weighted by Crippen LogP contribution is 2.30. The third kappa shape index (κ3) is 4.13. The molecule has 1 N–H and O–H groups in total. The summed E-state index contributed by atoms with van der Waals surface area (Å²) in [6.07, 6.45) is -2.39. The minimum atomic E-state index is -4.31. The van der Waals surface area contributed by atoms with Gasteiger partial charge in [0.1, 0.15) is 0 Å². The van der Waals surface area contributed by atoms with Crippen LogP contribution in [0.1, 0.15) is 18.4 Å². The van der Waals surface area contributed by atoms with Crippen LogP contribution in [0.3, 0.4) is 0 Å². The zero-order valence-electron chi connectivity index (χ0n) is 13.2. The predicted molar refractivity (Wildman–Crippen MR) is 88.5 cm³/mol. The summed E-state index contributed by atoms with van der Waals surface area (Å²) in [6.45, 7) is 3.39. The monoisotopic (exact) mass is 363 g/mol. The molecule has 4 nitrogen and oxygen atoms in total. The van der Waals surface area contributed by atoms with Crippen molar-refractivity contribution < 1.29 is 18.0 Å². The standard InChI is InChI=1S/C16H20F3N3O.ClH/c17-16(18,19)12-3-5-13(6-4-12)21-8-10-22(11-9-21)15(23)14-2-1-7-20-14;/h3-6,14,20H,1-2,7-11H2;1H. The molecule has 0 aromatic heterocycles. The van der Waals surface area contributed by atoms with Crippen molar-refractivity contribution in [3.05, 3.63) is 29.8 Å². The van der Waals surface area contributed by atoms with Gasteiger partial charge < -0.3 is 15.1 Å². The lowest BCUT2D eigenvalue weighted by Crippen LogP contribution is -2.53. The van der Waals surface area contributed by atoms with E-state index >= 15 is 0 Å². The summed E-state index contributed by atoms with van der Waals surface area (Å²) in [7, 11) is 0. The Morgan fingerprint density at radius 2 is 1.71 bits per heavy atom. The molecular formula is C16H21ClF3N3O. The number of nitrogens with zero attached hydrogens (tertiary/aromatic N) is 2. The Morgan fingerprint density at radius 3 is 2.21 bits per heavy atom. The Hall–Kier alpha value is -1.47. The average Bonchev–Trinajstić information content (AvgIpc) is 3.08. The molecule has 24 heavy (non-hydrogen) atoms. The highest BCUT2D eigenvalue weighted by molar-refractivity contribution is 5.85. The largest absolute Gasteiger partial charge is 0.416 e. The van der Waals surface area contributed by atoms with Crippen molar-refractivity contribution in [2.24, 2.45) is 0 Å². The summed E-state index contributed by atoms with van der Waals surface area (Å²) in [5.41, 5.74) is 0.131. The molecule has 1 atom stereocenters. The number of hydrogen-bond acceptors (Lipinski definition) is 3. The minimum absolute atomic E-state index is 0. The van der Waals surface area contributed by atoms with Crippen LogP contribution >= 0.6 is 12.4 Å². The number of hydrogen-bond donors (Lipinski definition) is 1. The smallest absolute Gasteiger partial charge is 0.368 e. The summed E-state index contributed by atoms with van der Waals surface area (Å²) >= 11 is 0. The molecule has 2 aliphatic heterocycles. The first-order valence-electron chi connectivity index (χ1n) is 7.89. The molecule has 8 heteroatoms. The molecule has 0 spiro atoms. The summed E-state index contributed by atoms with van der Waals surface area (Å²) in [4.78, 5) is 16.2. The molecule has 0 saturated carbocycles. The molecule has 1 aromatic carbocycles. The van der Waals surface area contributed by atoms with E-state index in [2.05, 4.69) is 5.32 Å². The fourth-order valence-corrected chi connectivity index (χ4v) is 3.16. The van der Waals surface area contributed by atoms with Gasteiger partial charge in [0, 0.05) is 31.9 Å². The van der Waals surface area contributed by atoms with E-state index in [9.17, 15) is 18.0 Å². The van der Waals surface area contributed by atoms with Gasteiger partial charge in [0.05, 0.1) is 11.6 Å². The fraction of sp³-hybridized carbons (Fsp3) is 0.562. The van der Waals surface area contributed by atoms with Crippen molar-refractivity contribution in [2.75, 3.05) is 37.6 Å². The van der Waals surface area contributed by atoms with E-state index in [0.29, 0.717) is 26.2 Å². The van der Waals surface area contributed by atoms with Crippen molar-refractivity contribution in [3.8, 4) is 0 Å². The Bertz CT molecular complexity index is 551. The molecule has 2 saturated heterocycles. The minimum Gasteiger partial charge on any atom is -0.368 e. The maximum Gasteiger partial charge on any atom is 0.416 e. The molecule has 3 rings (SSSR count). The number of alkyl halides is 3. The van der Waals surface area contributed by atoms with Crippen LogP contribution in [0.5, 0.6) is 0 Å². The Morgan fingerprint density at radius 1 is 1.08 bits per heavy atom. The van der Waals surface area contributed by atoms with Crippen molar-refractivity contribution in [2.45, 2.75) is 25.1 Å². The van der Waals surface area contributed by atoms with Gasteiger partial charge in [-0.25, -0.2) is 0 Å². The molecule has 134 valence electrons. The third-order valence-corrected chi connectivity index (χ3v) is 4.51. The highest BCUT2D eigenvalue weighted by Gasteiger charge is 2.31. The van der Waals surface area contributed by atoms with E-state index in [-0.39, 0.29) is 24.4 Å².